The Morgan fingerprint density at radius 1 is 0.985 bits per heavy atom. The predicted molar refractivity (Wildman–Crippen MR) is 239 cm³/mol. The number of methoxy groups -OCH3 is 1. The molecular weight excluding hydrogens is 859 g/mol. The normalized spacial score (nSPS) is 16.2. The summed E-state index contributed by atoms with van der Waals surface area (Å²) in [5.41, 5.74) is 5.65. The monoisotopic (exact) mass is 913 g/mol. The Balaban J connectivity index is 1.54. The summed E-state index contributed by atoms with van der Waals surface area (Å²) >= 11 is 0. The van der Waals surface area contributed by atoms with Gasteiger partial charge >= 0.3 is 17.3 Å². The zero-order chi connectivity index (χ0) is 48.2. The molecule has 4 amide bonds. The van der Waals surface area contributed by atoms with Crippen molar-refractivity contribution in [2.75, 3.05) is 25.6 Å². The molecule has 5 rings (SSSR count). The van der Waals surface area contributed by atoms with Crippen LogP contribution in [0.25, 0.3) is 0 Å². The van der Waals surface area contributed by atoms with E-state index in [2.05, 4.69) is 15.3 Å². The first kappa shape index (κ1) is 49.8. The molecule has 4 aromatic rings. The van der Waals surface area contributed by atoms with Crippen LogP contribution in [0.2, 0.25) is 0 Å². The van der Waals surface area contributed by atoms with Crippen LogP contribution in [0.1, 0.15) is 56.9 Å². The number of likely N-dealkylation sites (tertiary alicyclic amines) is 1. The summed E-state index contributed by atoms with van der Waals surface area (Å²) in [5, 5.41) is 38.3. The van der Waals surface area contributed by atoms with Crippen molar-refractivity contribution in [1.82, 2.24) is 25.1 Å². The number of likely N-dealkylation sites (N-methyl/N-ethyl adjacent to an activating group) is 1. The molecule has 21 heteroatoms. The third kappa shape index (κ3) is 11.7. The number of carbonyl (C=O) groups excluding carboxylic acids is 5. The van der Waals surface area contributed by atoms with Crippen LogP contribution in [0.5, 0.6) is 5.75 Å². The van der Waals surface area contributed by atoms with Crippen molar-refractivity contribution in [2.24, 2.45) is 11.7 Å². The first-order valence-corrected chi connectivity index (χ1v) is 21.4. The van der Waals surface area contributed by atoms with Crippen molar-refractivity contribution in [2.45, 2.75) is 95.8 Å². The number of imidazole rings is 1. The molecule has 66 heavy (non-hydrogen) atoms. The Labute approximate surface area is 380 Å². The number of H-pyrrole nitrogens is 1. The number of nitrogens with two attached hydrogens (primary N) is 1. The lowest BCUT2D eigenvalue weighted by Crippen LogP contribution is -2.62. The Morgan fingerprint density at radius 2 is 1.68 bits per heavy atom. The van der Waals surface area contributed by atoms with Gasteiger partial charge < -0.3 is 40.4 Å². The summed E-state index contributed by atoms with van der Waals surface area (Å²) in [5.74, 6) is -4.48. The van der Waals surface area contributed by atoms with E-state index in [1.165, 1.54) is 31.4 Å². The lowest BCUT2D eigenvalue weighted by molar-refractivity contribution is -0.422. The topological polar surface area (TPSA) is 287 Å². The summed E-state index contributed by atoms with van der Waals surface area (Å²) in [6.07, 6.45) is 1.54. The smallest absolute Gasteiger partial charge is 0.369 e. The van der Waals surface area contributed by atoms with Crippen LogP contribution >= 0.6 is 0 Å². The second-order valence-corrected chi connectivity index (χ2v) is 16.1. The fourth-order valence-corrected chi connectivity index (χ4v) is 7.93. The highest BCUT2D eigenvalue weighted by atomic mass is 16.6. The minimum Gasteiger partial charge on any atom is -0.489 e. The molecule has 7 atom stereocenters. The van der Waals surface area contributed by atoms with E-state index in [0.29, 0.717) is 17.9 Å². The van der Waals surface area contributed by atoms with Gasteiger partial charge in [-0.25, -0.2) is 9.78 Å². The maximum absolute atomic E-state index is 15.4. The number of esters is 1. The summed E-state index contributed by atoms with van der Waals surface area (Å²) in [4.78, 5) is 104. The molecule has 5 N–H and O–H groups in total. The summed E-state index contributed by atoms with van der Waals surface area (Å²) in [6, 6.07) is 12.5. The van der Waals surface area contributed by atoms with E-state index >= 15 is 9.59 Å². The molecule has 352 valence electrons. The van der Waals surface area contributed by atoms with Crippen molar-refractivity contribution in [3.63, 3.8) is 0 Å². The van der Waals surface area contributed by atoms with Crippen LogP contribution < -0.4 is 20.7 Å². The average Bonchev–Trinajstić information content (AvgIpc) is 4.02. The highest BCUT2D eigenvalue weighted by molar-refractivity contribution is 6.07. The second kappa shape index (κ2) is 22.6. The molecule has 0 radical (unpaired) electrons. The van der Waals surface area contributed by atoms with Crippen LogP contribution in [-0.2, 0) is 48.2 Å². The van der Waals surface area contributed by atoms with E-state index in [9.17, 15) is 39.7 Å². The average molecular weight is 914 g/mol. The Bertz CT molecular complexity index is 2350. The van der Waals surface area contributed by atoms with Gasteiger partial charge in [0.25, 0.3) is 5.91 Å². The molecule has 2 heterocycles. The number of amides is 4. The zero-order valence-corrected chi connectivity index (χ0v) is 37.3. The maximum atomic E-state index is 15.4. The summed E-state index contributed by atoms with van der Waals surface area (Å²) in [7, 11) is 2.36. The van der Waals surface area contributed by atoms with Gasteiger partial charge in [0.15, 0.2) is 6.04 Å². The minimum absolute atomic E-state index is 0.0257. The number of carbonyl (C=O) groups is 5. The molecule has 21 nitrogen and oxygen atoms in total. The number of ether oxygens (including phenoxy) is 2. The maximum Gasteiger partial charge on any atom is 0.369 e. The summed E-state index contributed by atoms with van der Waals surface area (Å²) < 4.78 is 10.7. The number of nitrogens with zero attached hydrogens (tertiary/aromatic N) is 6. The zero-order valence-electron chi connectivity index (χ0n) is 37.3. The van der Waals surface area contributed by atoms with Gasteiger partial charge in [0.05, 0.1) is 35.4 Å². The van der Waals surface area contributed by atoms with Crippen LogP contribution in [0.15, 0.2) is 85.3 Å². The SMILES string of the molecule is CC[C@H](C)[C@H](NC(=O)[C@@H](N)Cc1ccc(OCc2ccccc2)cc1)C(=O)N(c1cccc([N+](=O)[O-])c1[N+](=O)[O-])[C@@H](Cc1cnc[nH]1)C(=O)N1CCC[C@H]1C(=O)N(C)[C@H](C(=O)OC)[C@@H](C)O. The standard InChI is InChI=1S/C45H55N9O12/c1-6-27(2)38(49-41(56)33(46)22-29-17-19-32(20-18-29)66-25-30-12-8-7-9-13-30)44(59)52(34-14-10-15-35(53(61)62)40(34)54(63)64)37(23-31-24-47-26-48-31)43(58)51-21-11-16-36(51)42(57)50(4)39(28(3)55)45(60)65-5/h7-10,12-15,17-20,24,26-28,33,36-39,55H,6,11,16,21-23,25,46H2,1-5H3,(H,47,48)(H,49,56)/t27-,28+,33-,36-,37-,38-,39-/m0/s1. The number of hydrogen-bond donors (Lipinski definition) is 4. The Morgan fingerprint density at radius 3 is 2.27 bits per heavy atom. The van der Waals surface area contributed by atoms with Gasteiger partial charge in [-0.05, 0) is 61.4 Å². The lowest BCUT2D eigenvalue weighted by Gasteiger charge is -2.38. The molecule has 1 aromatic heterocycles. The molecule has 1 saturated heterocycles. The number of rotatable bonds is 21. The number of aromatic amines is 1. The first-order chi connectivity index (χ1) is 31.5. The van der Waals surface area contributed by atoms with Crippen LogP contribution in [0.4, 0.5) is 17.1 Å². The van der Waals surface area contributed by atoms with Crippen molar-refractivity contribution in [1.29, 1.82) is 0 Å². The van der Waals surface area contributed by atoms with Crippen molar-refractivity contribution in [3.8, 4) is 5.75 Å². The number of benzene rings is 3. The number of para-hydroxylation sites is 1. The van der Waals surface area contributed by atoms with Crippen molar-refractivity contribution < 1.29 is 48.4 Å². The van der Waals surface area contributed by atoms with Gasteiger partial charge in [-0.1, -0.05) is 68.8 Å². The third-order valence-corrected chi connectivity index (χ3v) is 11.7. The van der Waals surface area contributed by atoms with Crippen LogP contribution in [0.3, 0.4) is 0 Å². The van der Waals surface area contributed by atoms with Gasteiger partial charge in [-0.15, -0.1) is 0 Å². The molecule has 1 aliphatic heterocycles. The van der Waals surface area contributed by atoms with E-state index in [1.807, 2.05) is 30.3 Å². The van der Waals surface area contributed by atoms with Gasteiger partial charge in [0.1, 0.15) is 36.2 Å². The first-order valence-electron chi connectivity index (χ1n) is 21.4. The highest BCUT2D eigenvalue weighted by Gasteiger charge is 2.48. The number of aliphatic hydroxyl groups excluding tert-OH is 1. The Hall–Kier alpha value is -7.26. The van der Waals surface area contributed by atoms with Gasteiger partial charge in [-0.3, -0.25) is 44.3 Å². The highest BCUT2D eigenvalue weighted by Crippen LogP contribution is 2.39. The minimum atomic E-state index is -1.76. The predicted octanol–water partition coefficient (Wildman–Crippen LogP) is 3.22. The molecule has 3 aromatic carbocycles. The van der Waals surface area contributed by atoms with Gasteiger partial charge in [0, 0.05) is 38.0 Å². The number of aromatic nitrogens is 2. The molecule has 0 unspecified atom stereocenters. The molecule has 0 aliphatic carbocycles. The molecule has 0 bridgehead atoms. The van der Waals surface area contributed by atoms with Gasteiger partial charge in [0.2, 0.25) is 17.7 Å². The summed E-state index contributed by atoms with van der Waals surface area (Å²) in [6.45, 7) is 4.96. The molecular formula is C45H55N9O12. The molecule has 1 aliphatic rings. The number of anilines is 1. The number of nitrogens with one attached hydrogen (secondary N) is 2. The quantitative estimate of drug-likeness (QED) is 0.0531. The van der Waals surface area contributed by atoms with Crippen LogP contribution in [0, 0.1) is 26.1 Å². The lowest BCUT2D eigenvalue weighted by atomic mass is 9.94. The van der Waals surface area contributed by atoms with Crippen molar-refractivity contribution in [3.05, 3.63) is 122 Å². The number of nitro benzene ring substituents is 2. The molecule has 0 spiro atoms. The van der Waals surface area contributed by atoms with E-state index in [0.717, 1.165) is 40.7 Å². The molecule has 0 saturated carbocycles. The van der Waals surface area contributed by atoms with Gasteiger partial charge in [-0.2, -0.15) is 0 Å². The fraction of sp³-hybridized carbons (Fsp3) is 0.422. The largest absolute Gasteiger partial charge is 0.489 e. The second-order valence-electron chi connectivity index (χ2n) is 16.1. The number of hydrogen-bond acceptors (Lipinski definition) is 14. The van der Waals surface area contributed by atoms with Crippen molar-refractivity contribution >= 4 is 46.7 Å². The fourth-order valence-electron chi connectivity index (χ4n) is 7.93. The number of nitro groups is 2. The third-order valence-electron chi connectivity index (χ3n) is 11.7. The van der Waals surface area contributed by atoms with E-state index < -0.39 is 105 Å². The molecule has 1 fully saturated rings. The van der Waals surface area contributed by atoms with Crippen LogP contribution in [-0.4, -0.2) is 121 Å². The van der Waals surface area contributed by atoms with E-state index in [4.69, 9.17) is 15.2 Å². The van der Waals surface area contributed by atoms with E-state index in [-0.39, 0.29) is 37.9 Å². The Kier molecular flexibility index (Phi) is 17.0. The van der Waals surface area contributed by atoms with E-state index in [1.54, 1.807) is 38.1 Å². The number of aliphatic hydroxyl groups is 1.